The summed E-state index contributed by atoms with van der Waals surface area (Å²) < 4.78 is 109. The average Bonchev–Trinajstić information content (AvgIpc) is 1.53. The summed E-state index contributed by atoms with van der Waals surface area (Å²) in [6, 6.07) is 90.6. The number of nitrogens with zero attached hydrogens (tertiary/aromatic N) is 6. The average molecular weight is 1400 g/mol. The largest absolute Gasteiger partial charge is 0.453 e. The van der Waals surface area contributed by atoms with E-state index >= 15 is 0 Å². The molecule has 0 spiro atoms. The quantitative estimate of drug-likeness (QED) is 0.0945. The third kappa shape index (κ3) is 11.1. The van der Waals surface area contributed by atoms with E-state index in [1.54, 1.807) is 0 Å². The van der Waals surface area contributed by atoms with Crippen LogP contribution in [0.15, 0.2) is 290 Å². The highest BCUT2D eigenvalue weighted by atomic mass is 32.1. The number of aromatic nitrogens is 3. The van der Waals surface area contributed by atoms with Gasteiger partial charge in [-0.05, 0) is 215 Å². The van der Waals surface area contributed by atoms with E-state index < -0.39 is 28.9 Å². The Balaban J connectivity index is 0.713. The van der Waals surface area contributed by atoms with Gasteiger partial charge in [0.25, 0.3) is 0 Å². The second kappa shape index (κ2) is 24.9. The maximum atomic E-state index is 14.1. The van der Waals surface area contributed by atoms with Crippen LogP contribution in [0.5, 0.6) is 23.0 Å². The zero-order chi connectivity index (χ0) is 70.8. The Hall–Kier alpha value is -11.9. The molecule has 18 rings (SSSR count). The van der Waals surface area contributed by atoms with Crippen LogP contribution in [-0.4, -0.2) is 19.5 Å². The summed E-state index contributed by atoms with van der Waals surface area (Å²) in [5.74, 6) is 2.70. The number of fused-ring (bicyclic) bond motifs is 8. The monoisotopic (exact) mass is 1390 g/mol. The third-order valence-corrected chi connectivity index (χ3v) is 22.0. The molecule has 8 nitrogen and oxygen atoms in total. The lowest BCUT2D eigenvalue weighted by molar-refractivity contribution is -0.137. The van der Waals surface area contributed by atoms with Crippen molar-refractivity contribution in [3.05, 3.63) is 307 Å². The lowest BCUT2D eigenvalue weighted by atomic mass is 9.61. The summed E-state index contributed by atoms with van der Waals surface area (Å²) in [7, 11) is 0. The molecule has 2 aromatic heterocycles. The molecule has 104 heavy (non-hydrogen) atoms. The molecule has 0 fully saturated rings. The van der Waals surface area contributed by atoms with Crippen LogP contribution >= 0.6 is 11.7 Å². The van der Waals surface area contributed by atoms with Crippen molar-refractivity contribution in [2.75, 3.05) is 14.7 Å². The highest BCUT2D eigenvalue weighted by molar-refractivity contribution is 7.00. The number of anilines is 9. The molecule has 0 saturated carbocycles. The number of rotatable bonds is 11. The highest BCUT2D eigenvalue weighted by Crippen LogP contribution is 2.57. The second-order valence-electron chi connectivity index (χ2n) is 27.6. The van der Waals surface area contributed by atoms with Gasteiger partial charge >= 0.3 is 12.4 Å². The van der Waals surface area contributed by atoms with Crippen LogP contribution in [0, 0.1) is 11.3 Å². The van der Waals surface area contributed by atoms with E-state index in [-0.39, 0.29) is 24.7 Å². The van der Waals surface area contributed by atoms with Crippen molar-refractivity contribution >= 4 is 90.9 Å². The molecule has 14 aromatic rings. The first-order chi connectivity index (χ1) is 50.5. The molecule has 0 saturated heterocycles. The van der Waals surface area contributed by atoms with Crippen LogP contribution in [-0.2, 0) is 6.18 Å². The first-order valence-corrected chi connectivity index (χ1v) is 35.4. The molecule has 2 aliphatic carbocycles. The van der Waals surface area contributed by atoms with Gasteiger partial charge in [-0.1, -0.05) is 166 Å². The standard InChI is InChI=1S/C89H64F6N6O2S/c1-54-48-65(87(3)47-46-64(49-55(87)2)89(93,94)95)53-73-72-50-60(56-22-33-63(34-23-56)88(90,91)92)30-42-74(72)101(86(54)73)70-39-28-59(29-40-70)71-41-45-79(85-84(71)96-104-97-85)98(68-35-24-57(25-36-68)61-31-43-77-82(51-61)102-80-20-12-10-18-75(80)99(77)66-14-6-4-7-15-66)69-37-26-58(27-38-69)62-32-44-78-83(52-62)103-81-21-13-11-19-76(81)100(78)67-16-8-5-9-17-67/h4-46,50-55H,47-49H2,1-3H3. The number of alkyl halides is 6. The van der Waals surface area contributed by atoms with Crippen LogP contribution in [0.2, 0.25) is 0 Å². The molecular weight excluding hydrogens is 1330 g/mol. The van der Waals surface area contributed by atoms with Crippen LogP contribution in [0.3, 0.4) is 0 Å². The summed E-state index contributed by atoms with van der Waals surface area (Å²) in [5.41, 5.74) is 20.2. The van der Waals surface area contributed by atoms with E-state index in [9.17, 15) is 26.3 Å². The molecule has 3 unspecified atom stereocenters. The van der Waals surface area contributed by atoms with Gasteiger partial charge in [0.15, 0.2) is 23.0 Å². The number of hydrogen-bond donors (Lipinski definition) is 0. The lowest BCUT2D eigenvalue weighted by Gasteiger charge is -2.43. The Morgan fingerprint density at radius 1 is 0.462 bits per heavy atom. The van der Waals surface area contributed by atoms with Gasteiger partial charge in [-0.15, -0.1) is 0 Å². The predicted octanol–water partition coefficient (Wildman–Crippen LogP) is 26.8. The van der Waals surface area contributed by atoms with Crippen LogP contribution in [0.25, 0.3) is 78.2 Å². The van der Waals surface area contributed by atoms with Crippen molar-refractivity contribution in [2.45, 2.75) is 58.3 Å². The van der Waals surface area contributed by atoms with Gasteiger partial charge in [0.1, 0.15) is 11.0 Å². The van der Waals surface area contributed by atoms with E-state index in [4.69, 9.17) is 18.2 Å². The fraction of sp³-hybridized carbons (Fsp3) is 0.124. The Kier molecular flexibility index (Phi) is 15.4. The first-order valence-electron chi connectivity index (χ1n) is 34.7. The van der Waals surface area contributed by atoms with Crippen molar-refractivity contribution < 1.29 is 35.8 Å². The minimum atomic E-state index is -4.49. The van der Waals surface area contributed by atoms with Crippen LogP contribution in [0.1, 0.15) is 62.8 Å². The number of para-hydroxylation sites is 6. The van der Waals surface area contributed by atoms with Crippen LogP contribution in [0.4, 0.5) is 77.5 Å². The molecule has 510 valence electrons. The van der Waals surface area contributed by atoms with E-state index in [0.717, 1.165) is 176 Å². The Bertz CT molecular complexity index is 5570. The van der Waals surface area contributed by atoms with E-state index in [1.165, 1.54) is 18.2 Å². The molecule has 4 aliphatic rings. The summed E-state index contributed by atoms with van der Waals surface area (Å²) in [6.45, 7) is 6.18. The van der Waals surface area contributed by atoms with Gasteiger partial charge in [0.05, 0.1) is 51.2 Å². The second-order valence-corrected chi connectivity index (χ2v) is 28.1. The van der Waals surface area contributed by atoms with Crippen molar-refractivity contribution in [1.29, 1.82) is 0 Å². The first kappa shape index (κ1) is 64.2. The minimum absolute atomic E-state index is 0.0561. The zero-order valence-corrected chi connectivity index (χ0v) is 57.4. The predicted molar refractivity (Wildman–Crippen MR) is 407 cm³/mol. The molecule has 0 bridgehead atoms. The fourth-order valence-corrected chi connectivity index (χ4v) is 16.4. The molecule has 0 amide bonds. The van der Waals surface area contributed by atoms with E-state index in [0.29, 0.717) is 17.5 Å². The van der Waals surface area contributed by atoms with Crippen molar-refractivity contribution in [3.63, 3.8) is 0 Å². The zero-order valence-electron chi connectivity index (χ0n) is 56.6. The van der Waals surface area contributed by atoms with Gasteiger partial charge in [-0.3, -0.25) is 0 Å². The number of allylic oxidation sites excluding steroid dienone is 3. The van der Waals surface area contributed by atoms with Crippen molar-refractivity contribution in [2.24, 2.45) is 11.3 Å². The molecule has 12 aromatic carbocycles. The summed E-state index contributed by atoms with van der Waals surface area (Å²) in [6.07, 6.45) is -4.49. The van der Waals surface area contributed by atoms with Crippen molar-refractivity contribution in [3.8, 4) is 73.2 Å². The van der Waals surface area contributed by atoms with Gasteiger partial charge in [-0.25, -0.2) is 0 Å². The number of halogens is 6. The third-order valence-electron chi connectivity index (χ3n) is 21.5. The molecule has 0 radical (unpaired) electrons. The smallest absolute Gasteiger partial charge is 0.416 e. The molecule has 4 heterocycles. The summed E-state index contributed by atoms with van der Waals surface area (Å²) in [5, 5.41) is 0.898. The highest BCUT2D eigenvalue weighted by Gasteiger charge is 2.45. The van der Waals surface area contributed by atoms with Gasteiger partial charge in [-0.2, -0.15) is 35.1 Å². The maximum absolute atomic E-state index is 14.1. The minimum Gasteiger partial charge on any atom is -0.453 e. The SMILES string of the molecule is CC1CC(C2(C)CC=C(C(F)(F)F)CC2C)=Cc2c1n(-c1ccc(-c3ccc(N(c4ccc(-c5ccc6c(c5)Oc5ccccc5N6c5ccccc5)cc4)c4ccc(-c5ccc6c(c5)Oc5ccccc5N6c5ccccc5)cc4)c4nsnc34)cc1)c1ccc(-c3ccc(C(F)(F)F)cc3)cc21. The van der Waals surface area contributed by atoms with E-state index in [1.807, 2.05) is 97.9 Å². The molecular formula is C89H64F6N6O2S. The Morgan fingerprint density at radius 3 is 1.50 bits per heavy atom. The fourth-order valence-electron chi connectivity index (χ4n) is 15.9. The van der Waals surface area contributed by atoms with Gasteiger partial charge < -0.3 is 28.7 Å². The number of hydrogen-bond acceptors (Lipinski definition) is 8. The van der Waals surface area contributed by atoms with Crippen molar-refractivity contribution in [1.82, 2.24) is 13.3 Å². The summed E-state index contributed by atoms with van der Waals surface area (Å²) in [4.78, 5) is 6.70. The number of ether oxygens (including phenoxy) is 2. The van der Waals surface area contributed by atoms with E-state index in [2.05, 4.69) is 197 Å². The van der Waals surface area contributed by atoms with Gasteiger partial charge in [0.2, 0.25) is 0 Å². The maximum Gasteiger partial charge on any atom is 0.416 e. The molecule has 2 aliphatic heterocycles. The molecule has 15 heteroatoms. The van der Waals surface area contributed by atoms with Crippen LogP contribution < -0.4 is 24.2 Å². The summed E-state index contributed by atoms with van der Waals surface area (Å²) >= 11 is 1.15. The molecule has 0 N–H and O–H groups in total. The molecule has 3 atom stereocenters. The van der Waals surface area contributed by atoms with Gasteiger partial charge in [0, 0.05) is 62.1 Å². The Labute approximate surface area is 601 Å². The lowest BCUT2D eigenvalue weighted by Crippen LogP contribution is -2.34. The number of benzene rings is 12. The normalized spacial score (nSPS) is 16.9. The Morgan fingerprint density at radius 2 is 0.952 bits per heavy atom. The topological polar surface area (TPSA) is 58.9 Å².